The molecule has 3 aromatic rings. The molecule has 0 unspecified atom stereocenters. The van der Waals surface area contributed by atoms with Crippen molar-refractivity contribution in [1.82, 2.24) is 5.43 Å². The van der Waals surface area contributed by atoms with Crippen LogP contribution in [0.15, 0.2) is 52.0 Å². The number of ether oxygens (including phenoxy) is 3. The van der Waals surface area contributed by atoms with Crippen molar-refractivity contribution in [2.45, 2.75) is 13.8 Å². The summed E-state index contributed by atoms with van der Waals surface area (Å²) < 4.78 is 21.8. The van der Waals surface area contributed by atoms with Crippen LogP contribution in [-0.2, 0) is 0 Å². The van der Waals surface area contributed by atoms with Gasteiger partial charge >= 0.3 is 5.91 Å². The van der Waals surface area contributed by atoms with Crippen molar-refractivity contribution in [2.24, 2.45) is 5.10 Å². The maximum absolute atomic E-state index is 12.3. The zero-order chi connectivity index (χ0) is 19.9. The summed E-state index contributed by atoms with van der Waals surface area (Å²) in [5.41, 5.74) is 3.82. The molecule has 1 aromatic heterocycles. The third-order valence-electron chi connectivity index (χ3n) is 3.89. The van der Waals surface area contributed by atoms with E-state index in [1.807, 2.05) is 26.0 Å². The second-order valence-electron chi connectivity index (χ2n) is 5.79. The molecule has 0 atom stereocenters. The van der Waals surface area contributed by atoms with Crippen molar-refractivity contribution in [1.29, 1.82) is 0 Å². The number of fused-ring (bicyclic) bond motifs is 1. The highest BCUT2D eigenvalue weighted by atomic mass is 16.5. The predicted molar refractivity (Wildman–Crippen MR) is 107 cm³/mol. The van der Waals surface area contributed by atoms with Crippen LogP contribution in [0.2, 0.25) is 0 Å². The number of hydrazone groups is 1. The predicted octanol–water partition coefficient (Wildman–Crippen LogP) is 4.00. The fraction of sp³-hybridized carbons (Fsp3) is 0.238. The lowest BCUT2D eigenvalue weighted by Crippen LogP contribution is -2.16. The summed E-state index contributed by atoms with van der Waals surface area (Å²) in [4.78, 5) is 12.3. The topological polar surface area (TPSA) is 82.3 Å². The van der Waals surface area contributed by atoms with Gasteiger partial charge < -0.3 is 18.6 Å². The van der Waals surface area contributed by atoms with Crippen molar-refractivity contribution in [3.8, 4) is 17.2 Å². The summed E-state index contributed by atoms with van der Waals surface area (Å²) in [5.74, 6) is 1.71. The van der Waals surface area contributed by atoms with E-state index in [2.05, 4.69) is 10.5 Å². The molecule has 1 amide bonds. The van der Waals surface area contributed by atoms with Crippen LogP contribution in [0.1, 0.15) is 30.0 Å². The molecule has 0 aliphatic carbocycles. The van der Waals surface area contributed by atoms with Gasteiger partial charge in [-0.25, -0.2) is 5.43 Å². The van der Waals surface area contributed by atoms with Crippen LogP contribution in [-0.4, -0.2) is 32.4 Å². The van der Waals surface area contributed by atoms with E-state index in [0.717, 1.165) is 16.7 Å². The largest absolute Gasteiger partial charge is 0.494 e. The van der Waals surface area contributed by atoms with Gasteiger partial charge in [0.05, 0.1) is 26.5 Å². The molecule has 1 heterocycles. The Labute approximate surface area is 162 Å². The summed E-state index contributed by atoms with van der Waals surface area (Å²) in [5, 5.41) is 4.77. The summed E-state index contributed by atoms with van der Waals surface area (Å²) >= 11 is 0. The summed E-state index contributed by atoms with van der Waals surface area (Å²) in [7, 11) is 1.57. The monoisotopic (exact) mass is 382 g/mol. The molecule has 0 aliphatic heterocycles. The Balaban J connectivity index is 1.68. The number of amides is 1. The smallest absolute Gasteiger partial charge is 0.307 e. The highest BCUT2D eigenvalue weighted by Crippen LogP contribution is 2.27. The van der Waals surface area contributed by atoms with E-state index in [9.17, 15) is 4.79 Å². The molecule has 2 aromatic carbocycles. The molecule has 0 saturated heterocycles. The Hall–Kier alpha value is -3.48. The minimum absolute atomic E-state index is 0.171. The van der Waals surface area contributed by atoms with Gasteiger partial charge in [0.1, 0.15) is 11.3 Å². The van der Waals surface area contributed by atoms with Gasteiger partial charge in [0.25, 0.3) is 0 Å². The van der Waals surface area contributed by atoms with Crippen LogP contribution in [0.3, 0.4) is 0 Å². The van der Waals surface area contributed by atoms with Crippen LogP contribution in [0.4, 0.5) is 0 Å². The quantitative estimate of drug-likeness (QED) is 0.470. The number of furan rings is 1. The first-order valence-electron chi connectivity index (χ1n) is 8.95. The van der Waals surface area contributed by atoms with Crippen molar-refractivity contribution in [3.05, 3.63) is 53.8 Å². The van der Waals surface area contributed by atoms with Gasteiger partial charge in [0.15, 0.2) is 17.3 Å². The van der Waals surface area contributed by atoms with Crippen LogP contribution in [0.5, 0.6) is 17.2 Å². The Morgan fingerprint density at radius 2 is 1.89 bits per heavy atom. The zero-order valence-corrected chi connectivity index (χ0v) is 16.0. The van der Waals surface area contributed by atoms with Crippen molar-refractivity contribution < 1.29 is 23.4 Å². The van der Waals surface area contributed by atoms with E-state index in [-0.39, 0.29) is 5.76 Å². The Bertz CT molecular complexity index is 994. The van der Waals surface area contributed by atoms with E-state index in [1.54, 1.807) is 37.4 Å². The van der Waals surface area contributed by atoms with Crippen molar-refractivity contribution >= 4 is 23.1 Å². The summed E-state index contributed by atoms with van der Waals surface area (Å²) in [6.45, 7) is 4.93. The Kier molecular flexibility index (Phi) is 6.16. The Morgan fingerprint density at radius 1 is 1.07 bits per heavy atom. The number of carbonyl (C=O) groups is 1. The number of carbonyl (C=O) groups excluding carboxylic acids is 1. The van der Waals surface area contributed by atoms with Gasteiger partial charge in [-0.15, -0.1) is 0 Å². The molecular formula is C21H22N2O5. The van der Waals surface area contributed by atoms with E-state index >= 15 is 0 Å². The van der Waals surface area contributed by atoms with E-state index in [0.29, 0.717) is 30.3 Å². The summed E-state index contributed by atoms with van der Waals surface area (Å²) in [6, 6.07) is 12.4. The second-order valence-corrected chi connectivity index (χ2v) is 5.79. The van der Waals surface area contributed by atoms with Gasteiger partial charge in [-0.1, -0.05) is 0 Å². The van der Waals surface area contributed by atoms with Gasteiger partial charge in [0, 0.05) is 5.39 Å². The first kappa shape index (κ1) is 19.3. The highest BCUT2D eigenvalue weighted by Gasteiger charge is 2.12. The number of nitrogens with one attached hydrogen (secondary N) is 1. The Morgan fingerprint density at radius 3 is 2.64 bits per heavy atom. The minimum Gasteiger partial charge on any atom is -0.494 e. The molecule has 0 saturated carbocycles. The first-order chi connectivity index (χ1) is 13.6. The average molecular weight is 382 g/mol. The SMILES string of the molecule is CCOc1ccc2oc(C(=O)N/N=C/c3ccc(OCC)c(OC)c3)cc2c1. The van der Waals surface area contributed by atoms with Gasteiger partial charge in [-0.3, -0.25) is 4.79 Å². The number of nitrogens with zero attached hydrogens (tertiary/aromatic N) is 1. The lowest BCUT2D eigenvalue weighted by Gasteiger charge is -2.09. The van der Waals surface area contributed by atoms with E-state index < -0.39 is 5.91 Å². The molecule has 0 bridgehead atoms. The molecule has 7 nitrogen and oxygen atoms in total. The maximum Gasteiger partial charge on any atom is 0.307 e. The number of benzene rings is 2. The van der Waals surface area contributed by atoms with Crippen molar-refractivity contribution in [2.75, 3.05) is 20.3 Å². The molecule has 0 fully saturated rings. The number of rotatable bonds is 8. The van der Waals surface area contributed by atoms with Crippen LogP contribution in [0, 0.1) is 0 Å². The van der Waals surface area contributed by atoms with E-state index in [4.69, 9.17) is 18.6 Å². The van der Waals surface area contributed by atoms with Gasteiger partial charge in [-0.05, 0) is 61.9 Å². The molecule has 1 N–H and O–H groups in total. The number of hydrogen-bond acceptors (Lipinski definition) is 6. The first-order valence-corrected chi connectivity index (χ1v) is 8.95. The average Bonchev–Trinajstić information content (AvgIpc) is 3.13. The molecule has 0 radical (unpaired) electrons. The number of methoxy groups -OCH3 is 1. The minimum atomic E-state index is -0.441. The molecule has 7 heteroatoms. The molecular weight excluding hydrogens is 360 g/mol. The zero-order valence-electron chi connectivity index (χ0n) is 16.0. The normalized spacial score (nSPS) is 11.0. The lowest BCUT2D eigenvalue weighted by molar-refractivity contribution is 0.0929. The second kappa shape index (κ2) is 8.94. The summed E-state index contributed by atoms with van der Waals surface area (Å²) in [6.07, 6.45) is 1.52. The van der Waals surface area contributed by atoms with Crippen LogP contribution in [0.25, 0.3) is 11.0 Å². The molecule has 0 spiro atoms. The van der Waals surface area contributed by atoms with Gasteiger partial charge in [-0.2, -0.15) is 5.10 Å². The van der Waals surface area contributed by atoms with Crippen LogP contribution >= 0.6 is 0 Å². The third-order valence-corrected chi connectivity index (χ3v) is 3.89. The molecule has 0 aliphatic rings. The third kappa shape index (κ3) is 4.43. The fourth-order valence-electron chi connectivity index (χ4n) is 2.65. The number of hydrogen-bond donors (Lipinski definition) is 1. The highest BCUT2D eigenvalue weighted by molar-refractivity contribution is 5.96. The van der Waals surface area contributed by atoms with E-state index in [1.165, 1.54) is 6.21 Å². The maximum atomic E-state index is 12.3. The van der Waals surface area contributed by atoms with Crippen LogP contribution < -0.4 is 19.6 Å². The fourth-order valence-corrected chi connectivity index (χ4v) is 2.65. The molecule has 146 valence electrons. The lowest BCUT2D eigenvalue weighted by atomic mass is 10.2. The van der Waals surface area contributed by atoms with Crippen molar-refractivity contribution in [3.63, 3.8) is 0 Å². The molecule has 3 rings (SSSR count). The van der Waals surface area contributed by atoms with Gasteiger partial charge in [0.2, 0.25) is 0 Å². The standard InChI is InChI=1S/C21H22N2O5/c1-4-26-16-7-9-17-15(11-16)12-20(28-17)21(24)23-22-13-14-6-8-18(27-5-2)19(10-14)25-3/h6-13H,4-5H2,1-3H3,(H,23,24)/b22-13+. The molecule has 28 heavy (non-hydrogen) atoms.